The van der Waals surface area contributed by atoms with Crippen molar-refractivity contribution in [3.8, 4) is 0 Å². The van der Waals surface area contributed by atoms with Crippen LogP contribution in [0.4, 0.5) is 0 Å². The summed E-state index contributed by atoms with van der Waals surface area (Å²) in [6, 6.07) is 1.79. The number of aryl methyl sites for hydroxylation is 1. The van der Waals surface area contributed by atoms with Gasteiger partial charge in [0.2, 0.25) is 0 Å². The van der Waals surface area contributed by atoms with Crippen LogP contribution in [0.15, 0.2) is 35.3 Å². The third-order valence-corrected chi connectivity index (χ3v) is 5.10. The predicted molar refractivity (Wildman–Crippen MR) is 95.1 cm³/mol. The molecule has 4 rings (SSSR count). The molecule has 1 fully saturated rings. The first-order valence-electron chi connectivity index (χ1n) is 8.10. The van der Waals surface area contributed by atoms with E-state index in [-0.39, 0.29) is 5.91 Å². The topological polar surface area (TPSA) is 71.6 Å². The summed E-state index contributed by atoms with van der Waals surface area (Å²) in [5.74, 6) is -0.0570. The van der Waals surface area contributed by atoms with Crippen molar-refractivity contribution in [2.45, 2.75) is 6.54 Å². The fourth-order valence-corrected chi connectivity index (χ4v) is 3.60. The largest absolute Gasteiger partial charge is 0.335 e. The van der Waals surface area contributed by atoms with Gasteiger partial charge in [-0.3, -0.25) is 14.4 Å². The Labute approximate surface area is 153 Å². The molecule has 0 spiro atoms. The van der Waals surface area contributed by atoms with Crippen LogP contribution in [-0.2, 0) is 13.6 Å². The number of carbonyl (C=O) groups excluding carboxylic acids is 1. The second kappa shape index (κ2) is 6.57. The van der Waals surface area contributed by atoms with E-state index in [2.05, 4.69) is 36.0 Å². The maximum atomic E-state index is 12.8. The molecule has 1 aliphatic rings. The van der Waals surface area contributed by atoms with Crippen molar-refractivity contribution in [1.82, 2.24) is 34.2 Å². The SMILES string of the molecule is Cn1cc(CN2CCN(C(=O)c3nn4cccnc4c3Br)CC2)cn1. The first-order valence-corrected chi connectivity index (χ1v) is 8.89. The summed E-state index contributed by atoms with van der Waals surface area (Å²) in [4.78, 5) is 21.3. The van der Waals surface area contributed by atoms with E-state index in [1.54, 1.807) is 23.0 Å². The molecule has 0 aromatic carbocycles. The van der Waals surface area contributed by atoms with E-state index < -0.39 is 0 Å². The lowest BCUT2D eigenvalue weighted by molar-refractivity contribution is 0.0621. The van der Waals surface area contributed by atoms with E-state index in [1.807, 2.05) is 29.0 Å². The molecule has 130 valence electrons. The van der Waals surface area contributed by atoms with E-state index in [1.165, 1.54) is 5.56 Å². The standard InChI is InChI=1S/C16H18BrN7O/c1-21-10-12(9-19-21)11-22-5-7-23(8-6-22)16(25)14-13(17)15-18-3-2-4-24(15)20-14/h2-4,9-10H,5-8,11H2,1H3. The molecule has 9 heteroatoms. The maximum absolute atomic E-state index is 12.8. The molecule has 3 aromatic rings. The predicted octanol–water partition coefficient (Wildman–Crippen LogP) is 1.18. The van der Waals surface area contributed by atoms with Crippen LogP contribution in [0.3, 0.4) is 0 Å². The molecule has 0 radical (unpaired) electrons. The van der Waals surface area contributed by atoms with Gasteiger partial charge in [0.05, 0.1) is 10.7 Å². The van der Waals surface area contributed by atoms with Crippen LogP contribution in [-0.4, -0.2) is 66.3 Å². The molecular weight excluding hydrogens is 386 g/mol. The van der Waals surface area contributed by atoms with Crippen molar-refractivity contribution in [2.24, 2.45) is 7.05 Å². The van der Waals surface area contributed by atoms with Gasteiger partial charge in [-0.05, 0) is 22.0 Å². The number of carbonyl (C=O) groups is 1. The Morgan fingerprint density at radius 1 is 1.28 bits per heavy atom. The highest BCUT2D eigenvalue weighted by atomic mass is 79.9. The van der Waals surface area contributed by atoms with E-state index in [4.69, 9.17) is 0 Å². The summed E-state index contributed by atoms with van der Waals surface area (Å²) in [5, 5.41) is 8.57. The number of nitrogens with zero attached hydrogens (tertiary/aromatic N) is 7. The fourth-order valence-electron chi connectivity index (χ4n) is 3.07. The van der Waals surface area contributed by atoms with E-state index in [0.29, 0.717) is 28.9 Å². The molecule has 3 aromatic heterocycles. The Hall–Kier alpha value is -2.26. The molecule has 0 saturated carbocycles. The van der Waals surface area contributed by atoms with Crippen molar-refractivity contribution in [1.29, 1.82) is 0 Å². The van der Waals surface area contributed by atoms with Gasteiger partial charge in [0, 0.05) is 63.9 Å². The molecule has 8 nitrogen and oxygen atoms in total. The van der Waals surface area contributed by atoms with Gasteiger partial charge in [-0.1, -0.05) is 0 Å². The molecule has 0 unspecified atom stereocenters. The lowest BCUT2D eigenvalue weighted by Crippen LogP contribution is -2.48. The number of hydrogen-bond acceptors (Lipinski definition) is 5. The lowest BCUT2D eigenvalue weighted by atomic mass is 10.2. The number of aromatic nitrogens is 5. The van der Waals surface area contributed by atoms with Gasteiger partial charge in [-0.2, -0.15) is 10.2 Å². The first kappa shape index (κ1) is 16.2. The van der Waals surface area contributed by atoms with Crippen molar-refractivity contribution >= 4 is 27.5 Å². The quantitative estimate of drug-likeness (QED) is 0.656. The summed E-state index contributed by atoms with van der Waals surface area (Å²) in [5.41, 5.74) is 2.26. The number of fused-ring (bicyclic) bond motifs is 1. The Morgan fingerprint density at radius 2 is 2.08 bits per heavy atom. The van der Waals surface area contributed by atoms with Crippen LogP contribution in [0.2, 0.25) is 0 Å². The minimum Gasteiger partial charge on any atom is -0.335 e. The Morgan fingerprint density at radius 3 is 2.76 bits per heavy atom. The van der Waals surface area contributed by atoms with Gasteiger partial charge in [-0.25, -0.2) is 9.50 Å². The van der Waals surface area contributed by atoms with Crippen LogP contribution < -0.4 is 0 Å². The molecular formula is C16H18BrN7O. The summed E-state index contributed by atoms with van der Waals surface area (Å²) in [6.45, 7) is 3.91. The number of rotatable bonds is 3. The highest BCUT2D eigenvalue weighted by Crippen LogP contribution is 2.22. The van der Waals surface area contributed by atoms with Crippen molar-refractivity contribution in [2.75, 3.05) is 26.2 Å². The third kappa shape index (κ3) is 3.16. The lowest BCUT2D eigenvalue weighted by Gasteiger charge is -2.34. The molecule has 25 heavy (non-hydrogen) atoms. The molecule has 0 bridgehead atoms. The summed E-state index contributed by atoms with van der Waals surface area (Å²) in [7, 11) is 1.92. The van der Waals surface area contributed by atoms with Crippen LogP contribution in [0.1, 0.15) is 16.1 Å². The summed E-state index contributed by atoms with van der Waals surface area (Å²) < 4.78 is 4.08. The van der Waals surface area contributed by atoms with Gasteiger partial charge in [0.25, 0.3) is 5.91 Å². The zero-order chi connectivity index (χ0) is 17.4. The van der Waals surface area contributed by atoms with Crippen molar-refractivity contribution in [3.63, 3.8) is 0 Å². The number of hydrogen-bond donors (Lipinski definition) is 0. The average Bonchev–Trinajstić information content (AvgIpc) is 3.19. The maximum Gasteiger partial charge on any atom is 0.275 e. The third-order valence-electron chi connectivity index (χ3n) is 4.37. The van der Waals surface area contributed by atoms with Gasteiger partial charge in [0.15, 0.2) is 11.3 Å². The van der Waals surface area contributed by atoms with Gasteiger partial charge in [0.1, 0.15) is 0 Å². The molecule has 0 atom stereocenters. The van der Waals surface area contributed by atoms with Crippen molar-refractivity contribution < 1.29 is 4.79 Å². The second-order valence-electron chi connectivity index (χ2n) is 6.14. The molecule has 1 saturated heterocycles. The van der Waals surface area contributed by atoms with Crippen LogP contribution in [0.5, 0.6) is 0 Å². The minimum absolute atomic E-state index is 0.0570. The Balaban J connectivity index is 1.43. The van der Waals surface area contributed by atoms with E-state index in [9.17, 15) is 4.79 Å². The second-order valence-corrected chi connectivity index (χ2v) is 6.93. The number of halogens is 1. The highest BCUT2D eigenvalue weighted by Gasteiger charge is 2.27. The average molecular weight is 404 g/mol. The van der Waals surface area contributed by atoms with Crippen LogP contribution in [0.25, 0.3) is 5.65 Å². The molecule has 4 heterocycles. The zero-order valence-corrected chi connectivity index (χ0v) is 15.4. The van der Waals surface area contributed by atoms with Gasteiger partial charge < -0.3 is 4.90 Å². The molecule has 0 N–H and O–H groups in total. The zero-order valence-electron chi connectivity index (χ0n) is 13.8. The molecule has 0 aliphatic carbocycles. The van der Waals surface area contributed by atoms with Crippen LogP contribution in [0, 0.1) is 0 Å². The normalized spacial score (nSPS) is 15.8. The summed E-state index contributed by atoms with van der Waals surface area (Å²) >= 11 is 3.46. The number of piperazine rings is 1. The number of amides is 1. The Kier molecular flexibility index (Phi) is 4.26. The highest BCUT2D eigenvalue weighted by molar-refractivity contribution is 9.10. The molecule has 1 amide bonds. The van der Waals surface area contributed by atoms with Crippen LogP contribution >= 0.6 is 15.9 Å². The molecule has 1 aliphatic heterocycles. The van der Waals surface area contributed by atoms with Crippen molar-refractivity contribution in [3.05, 3.63) is 46.6 Å². The fraction of sp³-hybridized carbons (Fsp3) is 0.375. The first-order chi connectivity index (χ1) is 12.1. The smallest absolute Gasteiger partial charge is 0.275 e. The minimum atomic E-state index is -0.0570. The van der Waals surface area contributed by atoms with E-state index >= 15 is 0 Å². The van der Waals surface area contributed by atoms with Gasteiger partial charge >= 0.3 is 0 Å². The van der Waals surface area contributed by atoms with E-state index in [0.717, 1.165) is 19.6 Å². The monoisotopic (exact) mass is 403 g/mol. The van der Waals surface area contributed by atoms with Gasteiger partial charge in [-0.15, -0.1) is 0 Å². The summed E-state index contributed by atoms with van der Waals surface area (Å²) in [6.07, 6.45) is 7.39. The Bertz CT molecular complexity index is 910.